The zero-order chi connectivity index (χ0) is 19.7. The van der Waals surface area contributed by atoms with E-state index in [4.69, 9.17) is 4.74 Å². The van der Waals surface area contributed by atoms with E-state index in [9.17, 15) is 10.1 Å². The number of nitriles is 1. The van der Waals surface area contributed by atoms with E-state index in [-0.39, 0.29) is 17.1 Å². The zero-order valence-electron chi connectivity index (χ0n) is 16.8. The molecule has 1 spiro atoms. The lowest BCUT2D eigenvalue weighted by Crippen LogP contribution is -2.45. The first kappa shape index (κ1) is 19.0. The summed E-state index contributed by atoms with van der Waals surface area (Å²) in [5.74, 6) is 1.13. The number of ketones is 1. The molecule has 4 rings (SSSR count). The molecule has 0 radical (unpaired) electrons. The van der Waals surface area contributed by atoms with E-state index in [1.807, 2.05) is 30.3 Å². The standard InChI is InChI=1S/C24H28N2O2/c1-3-13-26-14-11-24(9-10-24)21(16-26)23(27)18-4-6-19-17(15-18)5-7-22(28-2)20(19)8-12-25/h4-7,15,21H,3,8-11,13-14,16H2,1-2H3/t21-/m1/s1. The van der Waals surface area contributed by atoms with Gasteiger partial charge in [-0.3, -0.25) is 4.79 Å². The Labute approximate surface area is 167 Å². The topological polar surface area (TPSA) is 53.3 Å². The van der Waals surface area contributed by atoms with Gasteiger partial charge in [0.25, 0.3) is 0 Å². The molecule has 1 saturated carbocycles. The second kappa shape index (κ2) is 7.56. The third-order valence-corrected chi connectivity index (χ3v) is 6.70. The van der Waals surface area contributed by atoms with Crippen LogP contribution in [0.1, 0.15) is 48.5 Å². The van der Waals surface area contributed by atoms with Crippen LogP contribution in [0.4, 0.5) is 0 Å². The maximum absolute atomic E-state index is 13.5. The lowest BCUT2D eigenvalue weighted by atomic mass is 9.77. The molecule has 4 heteroatoms. The number of benzene rings is 2. The van der Waals surface area contributed by atoms with Crippen LogP contribution in [0, 0.1) is 22.7 Å². The van der Waals surface area contributed by atoms with Gasteiger partial charge in [-0.05, 0) is 67.1 Å². The number of rotatable bonds is 6. The number of hydrogen-bond acceptors (Lipinski definition) is 4. The summed E-state index contributed by atoms with van der Waals surface area (Å²) in [6.45, 7) is 5.31. The van der Waals surface area contributed by atoms with Crippen LogP contribution in [0.25, 0.3) is 10.8 Å². The largest absolute Gasteiger partial charge is 0.496 e. The number of piperidine rings is 1. The van der Waals surface area contributed by atoms with Gasteiger partial charge in [-0.15, -0.1) is 0 Å². The molecule has 0 amide bonds. The lowest BCUT2D eigenvalue weighted by Gasteiger charge is -2.38. The summed E-state index contributed by atoms with van der Waals surface area (Å²) in [6, 6.07) is 12.1. The summed E-state index contributed by atoms with van der Waals surface area (Å²) in [5, 5.41) is 11.2. The molecule has 0 N–H and O–H groups in total. The first-order chi connectivity index (χ1) is 13.6. The fraction of sp³-hybridized carbons (Fsp3) is 0.500. The minimum Gasteiger partial charge on any atom is -0.496 e. The van der Waals surface area contributed by atoms with E-state index in [1.165, 1.54) is 12.8 Å². The molecular formula is C24H28N2O2. The molecule has 1 aliphatic carbocycles. The maximum Gasteiger partial charge on any atom is 0.167 e. The number of fused-ring (bicyclic) bond motifs is 1. The molecule has 2 aliphatic rings. The van der Waals surface area contributed by atoms with Crippen molar-refractivity contribution >= 4 is 16.6 Å². The molecule has 28 heavy (non-hydrogen) atoms. The average molecular weight is 377 g/mol. The SMILES string of the molecule is CCCN1CCC2(CC2)[C@@H](C(=O)c2ccc3c(CC#N)c(OC)ccc3c2)C1. The minimum absolute atomic E-state index is 0.113. The van der Waals surface area contributed by atoms with E-state index < -0.39 is 0 Å². The normalized spacial score (nSPS) is 20.8. The Bertz CT molecular complexity index is 940. The predicted molar refractivity (Wildman–Crippen MR) is 111 cm³/mol. The Balaban J connectivity index is 1.67. The van der Waals surface area contributed by atoms with Gasteiger partial charge in [0.2, 0.25) is 0 Å². The summed E-state index contributed by atoms with van der Waals surface area (Å²) in [7, 11) is 1.63. The summed E-state index contributed by atoms with van der Waals surface area (Å²) in [4.78, 5) is 15.9. The number of ether oxygens (including phenoxy) is 1. The van der Waals surface area contributed by atoms with Crippen LogP contribution < -0.4 is 4.74 Å². The second-order valence-electron chi connectivity index (χ2n) is 8.35. The molecule has 4 nitrogen and oxygen atoms in total. The molecule has 146 valence electrons. The number of nitrogens with zero attached hydrogens (tertiary/aromatic N) is 2. The van der Waals surface area contributed by atoms with Crippen molar-refractivity contribution in [3.05, 3.63) is 41.5 Å². The van der Waals surface area contributed by atoms with Crippen molar-refractivity contribution in [1.82, 2.24) is 4.90 Å². The summed E-state index contributed by atoms with van der Waals surface area (Å²) >= 11 is 0. The molecule has 1 aliphatic heterocycles. The summed E-state index contributed by atoms with van der Waals surface area (Å²) in [5.41, 5.74) is 1.95. The van der Waals surface area contributed by atoms with E-state index in [1.54, 1.807) is 7.11 Å². The van der Waals surface area contributed by atoms with Crippen LogP contribution in [-0.4, -0.2) is 37.4 Å². The smallest absolute Gasteiger partial charge is 0.167 e. The Morgan fingerprint density at radius 2 is 2.11 bits per heavy atom. The highest BCUT2D eigenvalue weighted by molar-refractivity contribution is 6.02. The van der Waals surface area contributed by atoms with Crippen molar-refractivity contribution in [2.24, 2.45) is 11.3 Å². The van der Waals surface area contributed by atoms with E-state index in [0.717, 1.165) is 60.1 Å². The molecule has 1 atom stereocenters. The second-order valence-corrected chi connectivity index (χ2v) is 8.35. The highest BCUT2D eigenvalue weighted by Crippen LogP contribution is 2.57. The van der Waals surface area contributed by atoms with Crippen molar-refractivity contribution < 1.29 is 9.53 Å². The highest BCUT2D eigenvalue weighted by Gasteiger charge is 2.54. The molecule has 1 heterocycles. The van der Waals surface area contributed by atoms with Crippen LogP contribution in [0.5, 0.6) is 5.75 Å². The third-order valence-electron chi connectivity index (χ3n) is 6.70. The van der Waals surface area contributed by atoms with Crippen molar-refractivity contribution in [1.29, 1.82) is 5.26 Å². The van der Waals surface area contributed by atoms with Crippen molar-refractivity contribution in [2.45, 2.75) is 39.0 Å². The van der Waals surface area contributed by atoms with Gasteiger partial charge in [-0.25, -0.2) is 0 Å². The maximum atomic E-state index is 13.5. The Morgan fingerprint density at radius 3 is 2.79 bits per heavy atom. The first-order valence-corrected chi connectivity index (χ1v) is 10.3. The van der Waals surface area contributed by atoms with Gasteiger partial charge >= 0.3 is 0 Å². The van der Waals surface area contributed by atoms with Crippen molar-refractivity contribution in [3.63, 3.8) is 0 Å². The van der Waals surface area contributed by atoms with Crippen LogP contribution in [0.3, 0.4) is 0 Å². The van der Waals surface area contributed by atoms with E-state index in [0.29, 0.717) is 6.42 Å². The Morgan fingerprint density at radius 1 is 1.29 bits per heavy atom. The number of methoxy groups -OCH3 is 1. The lowest BCUT2D eigenvalue weighted by molar-refractivity contribution is 0.0645. The van der Waals surface area contributed by atoms with Crippen LogP contribution in [0.2, 0.25) is 0 Å². The molecule has 0 unspecified atom stereocenters. The van der Waals surface area contributed by atoms with Gasteiger partial charge in [-0.2, -0.15) is 5.26 Å². The number of likely N-dealkylation sites (tertiary alicyclic amines) is 1. The summed E-state index contributed by atoms with van der Waals surface area (Å²) in [6.07, 6.45) is 4.97. The molecule has 0 aromatic heterocycles. The first-order valence-electron chi connectivity index (χ1n) is 10.3. The van der Waals surface area contributed by atoms with Gasteiger partial charge in [0.15, 0.2) is 5.78 Å². The Hall–Kier alpha value is -2.38. The fourth-order valence-corrected chi connectivity index (χ4v) is 4.92. The van der Waals surface area contributed by atoms with Crippen LogP contribution >= 0.6 is 0 Å². The number of hydrogen-bond donors (Lipinski definition) is 0. The predicted octanol–water partition coefficient (Wildman–Crippen LogP) is 4.61. The highest BCUT2D eigenvalue weighted by atomic mass is 16.5. The van der Waals surface area contributed by atoms with Gasteiger partial charge in [0.05, 0.1) is 19.6 Å². The molecule has 2 fully saturated rings. The Kier molecular flexibility index (Phi) is 5.12. The number of carbonyl (C=O) groups excluding carboxylic acids is 1. The van der Waals surface area contributed by atoms with E-state index >= 15 is 0 Å². The molecule has 1 saturated heterocycles. The van der Waals surface area contributed by atoms with Crippen LogP contribution in [-0.2, 0) is 6.42 Å². The van der Waals surface area contributed by atoms with Crippen molar-refractivity contribution in [3.8, 4) is 11.8 Å². The zero-order valence-corrected chi connectivity index (χ0v) is 16.8. The van der Waals surface area contributed by atoms with Gasteiger partial charge in [-0.1, -0.05) is 25.1 Å². The van der Waals surface area contributed by atoms with E-state index in [2.05, 4.69) is 17.9 Å². The number of carbonyl (C=O) groups is 1. The summed E-state index contributed by atoms with van der Waals surface area (Å²) < 4.78 is 5.43. The number of Topliss-reactive ketones (excluding diaryl/α,β-unsaturated/α-hetero) is 1. The minimum atomic E-state index is 0.113. The molecule has 2 aromatic carbocycles. The van der Waals surface area contributed by atoms with Gasteiger partial charge < -0.3 is 9.64 Å². The monoisotopic (exact) mass is 376 g/mol. The third kappa shape index (κ3) is 3.29. The van der Waals surface area contributed by atoms with Crippen molar-refractivity contribution in [2.75, 3.05) is 26.7 Å². The van der Waals surface area contributed by atoms with Gasteiger partial charge in [0.1, 0.15) is 5.75 Å². The molecule has 2 aromatic rings. The molecule has 0 bridgehead atoms. The van der Waals surface area contributed by atoms with Crippen LogP contribution in [0.15, 0.2) is 30.3 Å². The molecular weight excluding hydrogens is 348 g/mol. The quantitative estimate of drug-likeness (QED) is 0.691. The average Bonchev–Trinajstić information content (AvgIpc) is 3.49. The van der Waals surface area contributed by atoms with Gasteiger partial charge in [0, 0.05) is 23.6 Å². The fourth-order valence-electron chi connectivity index (χ4n) is 4.92.